The Morgan fingerprint density at radius 1 is 1.17 bits per heavy atom. The van der Waals surface area contributed by atoms with Crippen LogP contribution in [0.15, 0.2) is 52.2 Å². The zero-order chi connectivity index (χ0) is 17.1. The zero-order valence-corrected chi connectivity index (χ0v) is 12.6. The predicted molar refractivity (Wildman–Crippen MR) is 74.9 cm³/mol. The van der Waals surface area contributed by atoms with Crippen LogP contribution in [-0.2, 0) is 16.2 Å². The molecule has 2 aromatic rings. The molecule has 1 aromatic heterocycles. The molecule has 5 nitrogen and oxygen atoms in total. The molecule has 1 aromatic carbocycles. The Bertz CT molecular complexity index is 724. The van der Waals surface area contributed by atoms with E-state index in [2.05, 4.69) is 4.72 Å². The van der Waals surface area contributed by atoms with E-state index in [0.717, 1.165) is 12.1 Å². The quantitative estimate of drug-likeness (QED) is 0.840. The molecule has 0 aliphatic heterocycles. The van der Waals surface area contributed by atoms with Crippen LogP contribution in [0.4, 0.5) is 13.2 Å². The maximum absolute atomic E-state index is 12.4. The van der Waals surface area contributed by atoms with Crippen molar-refractivity contribution in [1.82, 2.24) is 4.72 Å². The summed E-state index contributed by atoms with van der Waals surface area (Å²) < 4.78 is 68.3. The van der Waals surface area contributed by atoms with Gasteiger partial charge in [-0.25, -0.2) is 13.1 Å². The number of benzene rings is 1. The molecule has 0 aliphatic carbocycles. The standard InChI is InChI=1S/C14H14F3NO4S/c15-14(16,17)11-1-3-12(4-2-11)23(20,21)18-7-5-13(19)10-6-8-22-9-10/h1-4,6,8-9,13,18-19H,5,7H2/t13-/m0/s1. The SMILES string of the molecule is O=S(=O)(NCC[C@H](O)c1ccoc1)c1ccc(C(F)(F)F)cc1. The van der Waals surface area contributed by atoms with Gasteiger partial charge in [0, 0.05) is 12.1 Å². The molecule has 0 saturated carbocycles. The number of rotatable bonds is 6. The van der Waals surface area contributed by atoms with Crippen molar-refractivity contribution < 1.29 is 31.1 Å². The summed E-state index contributed by atoms with van der Waals surface area (Å²) in [5.74, 6) is 0. The Kier molecular flexibility index (Phi) is 5.12. The lowest BCUT2D eigenvalue weighted by atomic mass is 10.1. The molecule has 0 radical (unpaired) electrons. The van der Waals surface area contributed by atoms with Crippen molar-refractivity contribution in [2.45, 2.75) is 23.6 Å². The molecule has 9 heteroatoms. The first-order chi connectivity index (χ1) is 10.7. The van der Waals surface area contributed by atoms with E-state index in [0.29, 0.717) is 17.7 Å². The number of aliphatic hydroxyl groups excluding tert-OH is 1. The first-order valence-corrected chi connectivity index (χ1v) is 8.05. The van der Waals surface area contributed by atoms with Crippen LogP contribution in [-0.4, -0.2) is 20.1 Å². The molecule has 0 fully saturated rings. The topological polar surface area (TPSA) is 79.5 Å². The predicted octanol–water partition coefficient (Wildman–Crippen LogP) is 2.70. The minimum Gasteiger partial charge on any atom is -0.472 e. The number of sulfonamides is 1. The van der Waals surface area contributed by atoms with Gasteiger partial charge in [0.2, 0.25) is 10.0 Å². The molecule has 23 heavy (non-hydrogen) atoms. The van der Waals surface area contributed by atoms with Crippen LogP contribution in [0.2, 0.25) is 0 Å². The van der Waals surface area contributed by atoms with Crippen LogP contribution in [0.5, 0.6) is 0 Å². The van der Waals surface area contributed by atoms with E-state index in [1.54, 1.807) is 6.07 Å². The summed E-state index contributed by atoms with van der Waals surface area (Å²) in [6.45, 7) is -0.0737. The van der Waals surface area contributed by atoms with Gasteiger partial charge >= 0.3 is 6.18 Å². The van der Waals surface area contributed by atoms with E-state index in [9.17, 15) is 26.7 Å². The molecule has 0 saturated heterocycles. The van der Waals surface area contributed by atoms with Crippen molar-refractivity contribution >= 4 is 10.0 Å². The number of halogens is 3. The van der Waals surface area contributed by atoms with E-state index in [1.165, 1.54) is 12.5 Å². The molecule has 0 spiro atoms. The number of alkyl halides is 3. The molecule has 0 bridgehead atoms. The number of hydrogen-bond donors (Lipinski definition) is 2. The van der Waals surface area contributed by atoms with Crippen LogP contribution in [0.25, 0.3) is 0 Å². The number of aliphatic hydroxyl groups is 1. The summed E-state index contributed by atoms with van der Waals surface area (Å²) in [5, 5.41) is 9.78. The van der Waals surface area contributed by atoms with Crippen LogP contribution < -0.4 is 4.72 Å². The van der Waals surface area contributed by atoms with Crippen LogP contribution in [0.3, 0.4) is 0 Å². The van der Waals surface area contributed by atoms with Crippen LogP contribution >= 0.6 is 0 Å². The summed E-state index contributed by atoms with van der Waals surface area (Å²) in [5.41, 5.74) is -0.412. The monoisotopic (exact) mass is 349 g/mol. The maximum atomic E-state index is 12.4. The molecule has 1 heterocycles. The first-order valence-electron chi connectivity index (χ1n) is 6.57. The minimum absolute atomic E-state index is 0.0737. The lowest BCUT2D eigenvalue weighted by Crippen LogP contribution is -2.26. The summed E-state index contributed by atoms with van der Waals surface area (Å²) in [7, 11) is -3.94. The van der Waals surface area contributed by atoms with Gasteiger partial charge in [0.25, 0.3) is 0 Å². The second kappa shape index (κ2) is 6.73. The van der Waals surface area contributed by atoms with E-state index in [1.807, 2.05) is 0 Å². The summed E-state index contributed by atoms with van der Waals surface area (Å²) in [6.07, 6.45) is -2.60. The minimum atomic E-state index is -4.52. The average Bonchev–Trinajstić information content (AvgIpc) is 3.00. The van der Waals surface area contributed by atoms with Crippen molar-refractivity contribution in [3.8, 4) is 0 Å². The van der Waals surface area contributed by atoms with Gasteiger partial charge in [-0.1, -0.05) is 0 Å². The summed E-state index contributed by atoms with van der Waals surface area (Å²) in [4.78, 5) is -0.275. The fourth-order valence-corrected chi connectivity index (χ4v) is 2.92. The summed E-state index contributed by atoms with van der Waals surface area (Å²) in [6, 6.07) is 4.73. The van der Waals surface area contributed by atoms with Crippen molar-refractivity contribution in [2.75, 3.05) is 6.54 Å². The Hall–Kier alpha value is -1.84. The molecule has 2 N–H and O–H groups in total. The Balaban J connectivity index is 1.96. The lowest BCUT2D eigenvalue weighted by Gasteiger charge is -2.11. The smallest absolute Gasteiger partial charge is 0.416 e. The lowest BCUT2D eigenvalue weighted by molar-refractivity contribution is -0.137. The van der Waals surface area contributed by atoms with Gasteiger partial charge in [-0.05, 0) is 36.8 Å². The Morgan fingerprint density at radius 2 is 1.83 bits per heavy atom. The highest BCUT2D eigenvalue weighted by Gasteiger charge is 2.30. The van der Waals surface area contributed by atoms with Crippen molar-refractivity contribution in [3.63, 3.8) is 0 Å². The van der Waals surface area contributed by atoms with E-state index in [4.69, 9.17) is 4.42 Å². The largest absolute Gasteiger partial charge is 0.472 e. The Labute approximate surface area is 130 Å². The van der Waals surface area contributed by atoms with Gasteiger partial charge in [-0.2, -0.15) is 13.2 Å². The molecule has 0 aliphatic rings. The fourth-order valence-electron chi connectivity index (χ4n) is 1.87. The first kappa shape index (κ1) is 17.5. The van der Waals surface area contributed by atoms with Crippen LogP contribution in [0, 0.1) is 0 Å². The molecule has 0 amide bonds. The molecule has 0 unspecified atom stereocenters. The number of nitrogens with one attached hydrogen (secondary N) is 1. The van der Waals surface area contributed by atoms with Gasteiger partial charge in [0.05, 0.1) is 29.1 Å². The van der Waals surface area contributed by atoms with Gasteiger partial charge in [0.15, 0.2) is 0 Å². The van der Waals surface area contributed by atoms with E-state index in [-0.39, 0.29) is 17.9 Å². The Morgan fingerprint density at radius 3 is 2.35 bits per heavy atom. The zero-order valence-electron chi connectivity index (χ0n) is 11.7. The highest BCUT2D eigenvalue weighted by molar-refractivity contribution is 7.89. The van der Waals surface area contributed by atoms with Gasteiger partial charge in [0.1, 0.15) is 0 Å². The van der Waals surface area contributed by atoms with Crippen molar-refractivity contribution in [1.29, 1.82) is 0 Å². The molecule has 126 valence electrons. The molecular weight excluding hydrogens is 335 g/mol. The van der Waals surface area contributed by atoms with Gasteiger partial charge in [-0.15, -0.1) is 0 Å². The molecule has 1 atom stereocenters. The highest BCUT2D eigenvalue weighted by Crippen LogP contribution is 2.29. The summed E-state index contributed by atoms with van der Waals surface area (Å²) >= 11 is 0. The normalized spacial score (nSPS) is 13.9. The highest BCUT2D eigenvalue weighted by atomic mass is 32.2. The van der Waals surface area contributed by atoms with E-state index >= 15 is 0 Å². The molecule has 2 rings (SSSR count). The van der Waals surface area contributed by atoms with E-state index < -0.39 is 27.9 Å². The second-order valence-corrected chi connectivity index (χ2v) is 6.55. The van der Waals surface area contributed by atoms with Crippen LogP contribution in [0.1, 0.15) is 23.7 Å². The average molecular weight is 349 g/mol. The third-order valence-corrected chi connectivity index (χ3v) is 4.61. The maximum Gasteiger partial charge on any atom is 0.416 e. The van der Waals surface area contributed by atoms with Crippen molar-refractivity contribution in [2.24, 2.45) is 0 Å². The molecular formula is C14H14F3NO4S. The number of hydrogen-bond acceptors (Lipinski definition) is 4. The second-order valence-electron chi connectivity index (χ2n) is 4.78. The third kappa shape index (κ3) is 4.57. The van der Waals surface area contributed by atoms with Gasteiger partial charge in [-0.3, -0.25) is 0 Å². The van der Waals surface area contributed by atoms with Gasteiger partial charge < -0.3 is 9.52 Å². The third-order valence-electron chi connectivity index (χ3n) is 3.13. The fraction of sp³-hybridized carbons (Fsp3) is 0.286. The van der Waals surface area contributed by atoms with Crippen molar-refractivity contribution in [3.05, 3.63) is 54.0 Å². The number of furan rings is 1.